The van der Waals surface area contributed by atoms with E-state index in [4.69, 9.17) is 4.74 Å². The van der Waals surface area contributed by atoms with Gasteiger partial charge in [-0.05, 0) is 0 Å². The van der Waals surface area contributed by atoms with E-state index in [1.54, 1.807) is 0 Å². The Bertz CT molecular complexity index is 157. The number of hydrogen-bond donors (Lipinski definition) is 0. The van der Waals surface area contributed by atoms with Crippen molar-refractivity contribution in [3.63, 3.8) is 0 Å². The number of hydrogen-bond acceptors (Lipinski definition) is 4. The minimum absolute atomic E-state index is 0.128. The molecule has 1 amide bonds. The summed E-state index contributed by atoms with van der Waals surface area (Å²) in [6.45, 7) is 2.70. The lowest BCUT2D eigenvalue weighted by atomic mass is 10.5. The highest BCUT2D eigenvalue weighted by molar-refractivity contribution is 5.58. The van der Waals surface area contributed by atoms with Crippen LogP contribution >= 0.6 is 0 Å². The van der Waals surface area contributed by atoms with Crippen molar-refractivity contribution in [2.45, 2.75) is 0 Å². The van der Waals surface area contributed by atoms with Gasteiger partial charge in [0.1, 0.15) is 6.29 Å². The number of carbonyl (C=O) groups excluding carboxylic acids is 2. The van der Waals surface area contributed by atoms with Gasteiger partial charge in [0.25, 0.3) is 0 Å². The van der Waals surface area contributed by atoms with Crippen LogP contribution in [0, 0.1) is 0 Å². The van der Waals surface area contributed by atoms with Gasteiger partial charge >= 0.3 is 0 Å². The van der Waals surface area contributed by atoms with Crippen LogP contribution in [0.2, 0.25) is 0 Å². The fourth-order valence-corrected chi connectivity index (χ4v) is 1.11. The molecule has 5 nitrogen and oxygen atoms in total. The van der Waals surface area contributed by atoms with Crippen molar-refractivity contribution in [1.29, 1.82) is 0 Å². The summed E-state index contributed by atoms with van der Waals surface area (Å²) >= 11 is 0. The van der Waals surface area contributed by atoms with Gasteiger partial charge in [0.05, 0.1) is 19.8 Å². The minimum atomic E-state index is 0.128. The van der Waals surface area contributed by atoms with Crippen LogP contribution in [-0.4, -0.2) is 55.6 Å². The second-order valence-electron chi connectivity index (χ2n) is 2.46. The monoisotopic (exact) mass is 172 g/mol. The van der Waals surface area contributed by atoms with Crippen molar-refractivity contribution in [2.24, 2.45) is 0 Å². The van der Waals surface area contributed by atoms with Crippen LogP contribution in [0.25, 0.3) is 0 Å². The SMILES string of the molecule is O=CCN(C=O)N1CCOCC1. The number of nitrogens with zero attached hydrogens (tertiary/aromatic N) is 2. The zero-order chi connectivity index (χ0) is 8.81. The van der Waals surface area contributed by atoms with E-state index in [2.05, 4.69) is 0 Å². The van der Waals surface area contributed by atoms with E-state index in [-0.39, 0.29) is 6.54 Å². The Morgan fingerprint density at radius 2 is 2.00 bits per heavy atom. The molecule has 1 rings (SSSR count). The maximum absolute atomic E-state index is 10.5. The zero-order valence-electron chi connectivity index (χ0n) is 6.81. The smallest absolute Gasteiger partial charge is 0.224 e. The molecule has 1 aliphatic rings. The molecule has 0 spiro atoms. The number of aldehydes is 1. The molecule has 0 unspecified atom stereocenters. The first-order valence-electron chi connectivity index (χ1n) is 3.86. The van der Waals surface area contributed by atoms with E-state index in [0.29, 0.717) is 39.0 Å². The van der Waals surface area contributed by atoms with Crippen LogP contribution in [0.4, 0.5) is 0 Å². The summed E-state index contributed by atoms with van der Waals surface area (Å²) in [6.07, 6.45) is 1.38. The van der Waals surface area contributed by atoms with Crippen LogP contribution in [0.5, 0.6) is 0 Å². The highest BCUT2D eigenvalue weighted by Gasteiger charge is 2.15. The van der Waals surface area contributed by atoms with Crippen molar-refractivity contribution in [2.75, 3.05) is 32.8 Å². The number of rotatable bonds is 4. The Labute approximate surface area is 70.8 Å². The van der Waals surface area contributed by atoms with E-state index in [0.717, 1.165) is 0 Å². The molecular weight excluding hydrogens is 160 g/mol. The van der Waals surface area contributed by atoms with Crippen molar-refractivity contribution in [1.82, 2.24) is 10.0 Å². The molecule has 1 heterocycles. The largest absolute Gasteiger partial charge is 0.379 e. The Hall–Kier alpha value is -0.940. The van der Waals surface area contributed by atoms with Gasteiger partial charge in [0.15, 0.2) is 0 Å². The van der Waals surface area contributed by atoms with Gasteiger partial charge in [-0.25, -0.2) is 5.01 Å². The molecule has 12 heavy (non-hydrogen) atoms. The Morgan fingerprint density at radius 3 is 2.50 bits per heavy atom. The Morgan fingerprint density at radius 1 is 1.33 bits per heavy atom. The fourth-order valence-electron chi connectivity index (χ4n) is 1.11. The third-order valence-corrected chi connectivity index (χ3v) is 1.73. The first kappa shape index (κ1) is 9.15. The molecule has 1 aliphatic heterocycles. The lowest BCUT2D eigenvalue weighted by molar-refractivity contribution is -0.145. The van der Waals surface area contributed by atoms with Crippen LogP contribution in [-0.2, 0) is 14.3 Å². The normalized spacial score (nSPS) is 18.7. The number of amides is 1. The molecule has 68 valence electrons. The standard InChI is InChI=1S/C7H12N2O3/c10-4-1-9(7-11)8-2-5-12-6-3-8/h4,7H,1-3,5-6H2. The highest BCUT2D eigenvalue weighted by atomic mass is 16.5. The third kappa shape index (κ3) is 2.28. The maximum Gasteiger partial charge on any atom is 0.224 e. The Balaban J connectivity index is 2.39. The molecule has 0 aromatic rings. The summed E-state index contributed by atoms with van der Waals surface area (Å²) in [7, 11) is 0. The quantitative estimate of drug-likeness (QED) is 0.505. The summed E-state index contributed by atoms with van der Waals surface area (Å²) in [5.41, 5.74) is 0. The second kappa shape index (κ2) is 4.84. The molecule has 5 heteroatoms. The lowest BCUT2D eigenvalue weighted by Crippen LogP contribution is -2.48. The van der Waals surface area contributed by atoms with Crippen LogP contribution < -0.4 is 0 Å². The fraction of sp³-hybridized carbons (Fsp3) is 0.714. The molecule has 0 aromatic carbocycles. The van der Waals surface area contributed by atoms with Crippen LogP contribution in [0.15, 0.2) is 0 Å². The van der Waals surface area contributed by atoms with Gasteiger partial charge in [-0.2, -0.15) is 0 Å². The molecule has 0 N–H and O–H groups in total. The van der Waals surface area contributed by atoms with Crippen molar-refractivity contribution >= 4 is 12.7 Å². The average Bonchev–Trinajstić information content (AvgIpc) is 2.15. The predicted molar refractivity (Wildman–Crippen MR) is 41.2 cm³/mol. The maximum atomic E-state index is 10.5. The summed E-state index contributed by atoms with van der Waals surface area (Å²) in [6, 6.07) is 0. The van der Waals surface area contributed by atoms with E-state index in [9.17, 15) is 9.59 Å². The summed E-state index contributed by atoms with van der Waals surface area (Å²) in [5, 5.41) is 3.18. The average molecular weight is 172 g/mol. The molecule has 0 saturated carbocycles. The van der Waals surface area contributed by atoms with E-state index < -0.39 is 0 Å². The van der Waals surface area contributed by atoms with Gasteiger partial charge in [-0.15, -0.1) is 0 Å². The van der Waals surface area contributed by atoms with Gasteiger partial charge in [0, 0.05) is 13.1 Å². The minimum Gasteiger partial charge on any atom is -0.379 e. The highest BCUT2D eigenvalue weighted by Crippen LogP contribution is 1.99. The Kier molecular flexibility index (Phi) is 3.69. The van der Waals surface area contributed by atoms with Crippen molar-refractivity contribution in [3.05, 3.63) is 0 Å². The van der Waals surface area contributed by atoms with E-state index >= 15 is 0 Å². The number of hydrazine groups is 1. The van der Waals surface area contributed by atoms with Crippen molar-refractivity contribution in [3.8, 4) is 0 Å². The summed E-state index contributed by atoms with van der Waals surface area (Å²) in [4.78, 5) is 20.6. The molecule has 0 aromatic heterocycles. The van der Waals surface area contributed by atoms with Gasteiger partial charge in [-0.1, -0.05) is 0 Å². The molecular formula is C7H12N2O3. The third-order valence-electron chi connectivity index (χ3n) is 1.73. The van der Waals surface area contributed by atoms with Gasteiger partial charge in [-0.3, -0.25) is 9.80 Å². The van der Waals surface area contributed by atoms with E-state index in [1.807, 2.05) is 5.01 Å². The molecule has 0 aliphatic carbocycles. The van der Waals surface area contributed by atoms with Crippen LogP contribution in [0.3, 0.4) is 0 Å². The number of morpholine rings is 1. The van der Waals surface area contributed by atoms with E-state index in [1.165, 1.54) is 5.01 Å². The molecule has 0 bridgehead atoms. The summed E-state index contributed by atoms with van der Waals surface area (Å²) < 4.78 is 5.10. The second-order valence-corrected chi connectivity index (χ2v) is 2.46. The van der Waals surface area contributed by atoms with Gasteiger partial charge in [0.2, 0.25) is 6.41 Å². The first-order valence-corrected chi connectivity index (χ1v) is 3.86. The van der Waals surface area contributed by atoms with Crippen LogP contribution in [0.1, 0.15) is 0 Å². The zero-order valence-corrected chi connectivity index (χ0v) is 6.81. The molecule has 0 atom stereocenters. The molecule has 0 radical (unpaired) electrons. The summed E-state index contributed by atoms with van der Waals surface area (Å²) in [5.74, 6) is 0. The van der Waals surface area contributed by atoms with Gasteiger partial charge < -0.3 is 9.53 Å². The number of ether oxygens (including phenoxy) is 1. The first-order chi connectivity index (χ1) is 5.88. The molecule has 1 fully saturated rings. The number of carbonyl (C=O) groups is 2. The van der Waals surface area contributed by atoms with Crippen molar-refractivity contribution < 1.29 is 14.3 Å². The topological polar surface area (TPSA) is 49.9 Å². The predicted octanol–water partition coefficient (Wildman–Crippen LogP) is -1.11. The molecule has 1 saturated heterocycles. The lowest BCUT2D eigenvalue weighted by Gasteiger charge is -2.33.